The number of aromatic carboxylic acids is 1. The molecule has 0 aliphatic carbocycles. The normalized spacial score (nSPS) is 10.1. The molecule has 0 fully saturated rings. The highest BCUT2D eigenvalue weighted by molar-refractivity contribution is 6.32. The first-order valence-corrected chi connectivity index (χ1v) is 6.16. The maximum absolute atomic E-state index is 10.6. The van der Waals surface area contributed by atoms with Crippen molar-refractivity contribution in [2.75, 3.05) is 0 Å². The van der Waals surface area contributed by atoms with Gasteiger partial charge in [-0.05, 0) is 29.3 Å². The van der Waals surface area contributed by atoms with Gasteiger partial charge in [0.25, 0.3) is 0 Å². The van der Waals surface area contributed by atoms with E-state index in [0.29, 0.717) is 22.6 Å². The SMILES string of the molecule is O=Cc1ccc(OCc2ccc(C(=O)[O-])cc2)c(Cl)c1. The van der Waals surface area contributed by atoms with E-state index < -0.39 is 5.97 Å². The maximum Gasteiger partial charge on any atom is 0.150 e. The number of aldehydes is 1. The van der Waals surface area contributed by atoms with Crippen LogP contribution in [-0.4, -0.2) is 12.3 Å². The minimum Gasteiger partial charge on any atom is -0.545 e. The Bertz CT molecular complexity index is 635. The average molecular weight is 290 g/mol. The van der Waals surface area contributed by atoms with Gasteiger partial charge < -0.3 is 14.6 Å². The number of halogens is 1. The number of carboxylic acid groups (broad SMARTS) is 1. The number of rotatable bonds is 5. The van der Waals surface area contributed by atoms with Gasteiger partial charge in [0.15, 0.2) is 0 Å². The first kappa shape index (κ1) is 14.1. The second kappa shape index (κ2) is 6.21. The van der Waals surface area contributed by atoms with Crippen LogP contribution in [0.25, 0.3) is 0 Å². The summed E-state index contributed by atoms with van der Waals surface area (Å²) < 4.78 is 5.51. The molecule has 0 heterocycles. The lowest BCUT2D eigenvalue weighted by Crippen LogP contribution is -2.22. The van der Waals surface area contributed by atoms with E-state index in [1.54, 1.807) is 24.3 Å². The Morgan fingerprint density at radius 3 is 2.45 bits per heavy atom. The third kappa shape index (κ3) is 3.36. The van der Waals surface area contributed by atoms with Crippen molar-refractivity contribution in [3.8, 4) is 5.75 Å². The van der Waals surface area contributed by atoms with Crippen molar-refractivity contribution in [3.05, 3.63) is 64.2 Å². The van der Waals surface area contributed by atoms with Gasteiger partial charge in [-0.1, -0.05) is 35.9 Å². The van der Waals surface area contributed by atoms with Gasteiger partial charge in [0.05, 0.1) is 11.0 Å². The van der Waals surface area contributed by atoms with E-state index in [-0.39, 0.29) is 12.2 Å². The summed E-state index contributed by atoms with van der Waals surface area (Å²) in [6, 6.07) is 10.9. The van der Waals surface area contributed by atoms with E-state index >= 15 is 0 Å². The van der Waals surface area contributed by atoms with E-state index in [1.165, 1.54) is 18.2 Å². The van der Waals surface area contributed by atoms with Crippen LogP contribution in [0.2, 0.25) is 5.02 Å². The van der Waals surface area contributed by atoms with Crippen LogP contribution in [0.5, 0.6) is 5.75 Å². The fourth-order valence-corrected chi connectivity index (χ4v) is 1.85. The van der Waals surface area contributed by atoms with E-state index in [4.69, 9.17) is 16.3 Å². The summed E-state index contributed by atoms with van der Waals surface area (Å²) in [5.41, 5.74) is 1.38. The standard InChI is InChI=1S/C15H11ClO4/c16-13-7-11(8-17)3-6-14(13)20-9-10-1-4-12(5-2-10)15(18)19/h1-8H,9H2,(H,18,19)/p-1. The van der Waals surface area contributed by atoms with Crippen molar-refractivity contribution in [2.45, 2.75) is 6.61 Å². The molecule has 0 aliphatic rings. The molecular formula is C15H10ClO4-. The summed E-state index contributed by atoms with van der Waals surface area (Å²) in [5.74, 6) is -0.758. The third-order valence-electron chi connectivity index (χ3n) is 2.68. The maximum atomic E-state index is 10.6. The van der Waals surface area contributed by atoms with E-state index in [2.05, 4.69) is 0 Å². The van der Waals surface area contributed by atoms with Crippen LogP contribution in [0.4, 0.5) is 0 Å². The molecule has 20 heavy (non-hydrogen) atoms. The monoisotopic (exact) mass is 289 g/mol. The quantitative estimate of drug-likeness (QED) is 0.791. The molecule has 0 aromatic heterocycles. The smallest absolute Gasteiger partial charge is 0.150 e. The molecule has 0 spiro atoms. The van der Waals surface area contributed by atoms with E-state index in [9.17, 15) is 14.7 Å². The Kier molecular flexibility index (Phi) is 4.38. The first-order chi connectivity index (χ1) is 9.60. The molecule has 0 atom stereocenters. The zero-order valence-electron chi connectivity index (χ0n) is 10.3. The molecule has 0 radical (unpaired) electrons. The van der Waals surface area contributed by atoms with Crippen LogP contribution in [0, 0.1) is 0 Å². The number of benzene rings is 2. The lowest BCUT2D eigenvalue weighted by Gasteiger charge is -2.09. The zero-order valence-corrected chi connectivity index (χ0v) is 11.1. The average Bonchev–Trinajstić information content (AvgIpc) is 2.46. The van der Waals surface area contributed by atoms with Crippen molar-refractivity contribution in [2.24, 2.45) is 0 Å². The highest BCUT2D eigenvalue weighted by Gasteiger charge is 2.03. The Hall–Kier alpha value is -2.33. The number of hydrogen-bond donors (Lipinski definition) is 0. The van der Waals surface area contributed by atoms with Crippen LogP contribution in [-0.2, 0) is 6.61 Å². The highest BCUT2D eigenvalue weighted by atomic mass is 35.5. The molecule has 2 aromatic rings. The summed E-state index contributed by atoms with van der Waals surface area (Å²) in [6.07, 6.45) is 0.703. The fraction of sp³-hybridized carbons (Fsp3) is 0.0667. The number of carboxylic acids is 1. The third-order valence-corrected chi connectivity index (χ3v) is 2.97. The summed E-state index contributed by atoms with van der Waals surface area (Å²) in [7, 11) is 0. The molecule has 0 amide bonds. The molecule has 2 aromatic carbocycles. The van der Waals surface area contributed by atoms with E-state index in [1.807, 2.05) is 0 Å². The number of carbonyl (C=O) groups is 2. The highest BCUT2D eigenvalue weighted by Crippen LogP contribution is 2.25. The molecule has 102 valence electrons. The molecule has 0 N–H and O–H groups in total. The minimum absolute atomic E-state index is 0.113. The summed E-state index contributed by atoms with van der Waals surface area (Å²) in [4.78, 5) is 21.2. The molecule has 0 aliphatic heterocycles. The van der Waals surface area contributed by atoms with Gasteiger partial charge >= 0.3 is 0 Å². The van der Waals surface area contributed by atoms with Crippen LogP contribution < -0.4 is 9.84 Å². The first-order valence-electron chi connectivity index (χ1n) is 5.78. The second-order valence-electron chi connectivity index (χ2n) is 4.08. The summed E-state index contributed by atoms with van der Waals surface area (Å²) >= 11 is 5.97. The van der Waals surface area contributed by atoms with Crippen LogP contribution in [0.15, 0.2) is 42.5 Å². The zero-order chi connectivity index (χ0) is 14.5. The number of ether oxygens (including phenoxy) is 1. The Morgan fingerprint density at radius 2 is 1.90 bits per heavy atom. The van der Waals surface area contributed by atoms with Crippen molar-refractivity contribution in [1.82, 2.24) is 0 Å². The lowest BCUT2D eigenvalue weighted by molar-refractivity contribution is -0.255. The molecular weight excluding hydrogens is 280 g/mol. The molecule has 0 unspecified atom stereocenters. The Morgan fingerprint density at radius 1 is 1.20 bits per heavy atom. The van der Waals surface area contributed by atoms with Gasteiger partial charge in [0.1, 0.15) is 18.6 Å². The van der Waals surface area contributed by atoms with Crippen LogP contribution >= 0.6 is 11.6 Å². The molecule has 0 saturated heterocycles. The van der Waals surface area contributed by atoms with Crippen molar-refractivity contribution < 1.29 is 19.4 Å². The van der Waals surface area contributed by atoms with Crippen molar-refractivity contribution in [1.29, 1.82) is 0 Å². The van der Waals surface area contributed by atoms with Crippen molar-refractivity contribution >= 4 is 23.9 Å². The number of carbonyl (C=O) groups excluding carboxylic acids is 2. The van der Waals surface area contributed by atoms with Gasteiger partial charge in [-0.2, -0.15) is 0 Å². The molecule has 5 heteroatoms. The van der Waals surface area contributed by atoms with E-state index in [0.717, 1.165) is 5.56 Å². The fourth-order valence-electron chi connectivity index (χ4n) is 1.61. The molecule has 0 bridgehead atoms. The predicted octanol–water partition coefficient (Wildman–Crippen LogP) is 2.10. The molecule has 2 rings (SSSR count). The topological polar surface area (TPSA) is 66.4 Å². The van der Waals surface area contributed by atoms with Gasteiger partial charge in [-0.3, -0.25) is 4.79 Å². The van der Waals surface area contributed by atoms with Crippen LogP contribution in [0.3, 0.4) is 0 Å². The summed E-state index contributed by atoms with van der Waals surface area (Å²) in [5, 5.41) is 11.0. The lowest BCUT2D eigenvalue weighted by atomic mass is 10.1. The van der Waals surface area contributed by atoms with Gasteiger partial charge in [-0.15, -0.1) is 0 Å². The van der Waals surface area contributed by atoms with Gasteiger partial charge in [0, 0.05) is 5.56 Å². The Balaban J connectivity index is 2.05. The van der Waals surface area contributed by atoms with Gasteiger partial charge in [-0.25, -0.2) is 0 Å². The second-order valence-corrected chi connectivity index (χ2v) is 4.49. The molecule has 0 saturated carbocycles. The minimum atomic E-state index is -1.22. The van der Waals surface area contributed by atoms with Gasteiger partial charge in [0.2, 0.25) is 0 Å². The number of hydrogen-bond acceptors (Lipinski definition) is 4. The summed E-state index contributed by atoms with van der Waals surface area (Å²) in [6.45, 7) is 0.244. The van der Waals surface area contributed by atoms with Crippen molar-refractivity contribution in [3.63, 3.8) is 0 Å². The molecule has 4 nitrogen and oxygen atoms in total. The largest absolute Gasteiger partial charge is 0.545 e. The predicted molar refractivity (Wildman–Crippen MR) is 71.9 cm³/mol. The van der Waals surface area contributed by atoms with Crippen LogP contribution in [0.1, 0.15) is 26.3 Å². The Labute approximate surface area is 120 Å².